The Labute approximate surface area is 259 Å². The third-order valence-electron chi connectivity index (χ3n) is 6.92. The number of rotatable bonds is 8. The Hall–Kier alpha value is -5.57. The topological polar surface area (TPSA) is 223 Å². The maximum Gasteiger partial charge on any atom is 0.330 e. The van der Waals surface area contributed by atoms with E-state index in [1.165, 1.54) is 42.5 Å². The maximum atomic E-state index is 13.7. The summed E-state index contributed by atoms with van der Waals surface area (Å²) in [6.07, 6.45) is -6.06. The molecule has 0 amide bonds. The fourth-order valence-corrected chi connectivity index (χ4v) is 4.71. The fourth-order valence-electron chi connectivity index (χ4n) is 4.71. The van der Waals surface area contributed by atoms with Gasteiger partial charge in [0.15, 0.2) is 11.9 Å². The SMILES string of the molecule is CC(=O)O[C@@H]1[C@@H](Oc2c(-c3ccc(O)cc3)oc3cc(O)cc(O)c3c2=O)O[C@@H](COC(=O)/C=C/c2ccc(O)cc2)[C@H](O)[C@H]1O. The number of fused-ring (bicyclic) bond motifs is 1. The zero-order valence-corrected chi connectivity index (χ0v) is 24.0. The normalized spacial score (nSPS) is 21.2. The van der Waals surface area contributed by atoms with Crippen molar-refractivity contribution in [3.05, 3.63) is 82.5 Å². The van der Waals surface area contributed by atoms with Gasteiger partial charge >= 0.3 is 11.9 Å². The van der Waals surface area contributed by atoms with Crippen LogP contribution in [0.25, 0.3) is 28.4 Å². The molecular weight excluding hydrogens is 608 g/mol. The van der Waals surface area contributed by atoms with Crippen LogP contribution in [0.15, 0.2) is 76.0 Å². The Bertz CT molecular complexity index is 1830. The summed E-state index contributed by atoms with van der Waals surface area (Å²) < 4.78 is 27.9. The van der Waals surface area contributed by atoms with Crippen molar-refractivity contribution in [2.75, 3.05) is 6.61 Å². The first-order chi connectivity index (χ1) is 21.9. The van der Waals surface area contributed by atoms with Gasteiger partial charge in [0.2, 0.25) is 17.5 Å². The van der Waals surface area contributed by atoms with Crippen LogP contribution in [0.2, 0.25) is 0 Å². The molecule has 0 radical (unpaired) electrons. The average molecular weight is 637 g/mol. The van der Waals surface area contributed by atoms with E-state index in [1.807, 2.05) is 0 Å². The maximum absolute atomic E-state index is 13.7. The van der Waals surface area contributed by atoms with Crippen LogP contribution in [0.5, 0.6) is 28.7 Å². The number of hydrogen-bond acceptors (Lipinski definition) is 14. The van der Waals surface area contributed by atoms with Gasteiger partial charge in [-0.05, 0) is 48.0 Å². The van der Waals surface area contributed by atoms with Crippen LogP contribution in [-0.4, -0.2) is 79.9 Å². The van der Waals surface area contributed by atoms with Crippen LogP contribution < -0.4 is 10.2 Å². The van der Waals surface area contributed by atoms with Crippen molar-refractivity contribution in [2.45, 2.75) is 37.6 Å². The van der Waals surface area contributed by atoms with Crippen LogP contribution in [0.4, 0.5) is 0 Å². The number of ether oxygens (including phenoxy) is 4. The van der Waals surface area contributed by atoms with Crippen molar-refractivity contribution < 1.29 is 63.6 Å². The first-order valence-corrected chi connectivity index (χ1v) is 13.7. The number of phenols is 4. The predicted octanol–water partition coefficient (Wildman–Crippen LogP) is 2.30. The van der Waals surface area contributed by atoms with Gasteiger partial charge < -0.3 is 54.0 Å². The summed E-state index contributed by atoms with van der Waals surface area (Å²) in [5.41, 5.74) is -0.396. The molecule has 1 aliphatic heterocycles. The van der Waals surface area contributed by atoms with Crippen molar-refractivity contribution in [2.24, 2.45) is 0 Å². The molecular formula is C32H28O14. The number of aromatic hydroxyl groups is 4. The highest BCUT2D eigenvalue weighted by atomic mass is 16.7. The van der Waals surface area contributed by atoms with Gasteiger partial charge in [-0.25, -0.2) is 4.79 Å². The summed E-state index contributed by atoms with van der Waals surface area (Å²) >= 11 is 0. The van der Waals surface area contributed by atoms with E-state index in [-0.39, 0.29) is 33.8 Å². The molecule has 2 heterocycles. The van der Waals surface area contributed by atoms with E-state index in [2.05, 4.69) is 0 Å². The van der Waals surface area contributed by atoms with Crippen molar-refractivity contribution in [1.29, 1.82) is 0 Å². The molecule has 0 saturated carbocycles. The standard InChI is InChI=1S/C32H28O14/c1-15(33)43-31-28(41)26(39)23(14-42-24(38)11-4-16-2-7-18(34)8-3-16)45-32(31)46-30-27(40)25-21(37)12-20(36)13-22(25)44-29(30)17-5-9-19(35)10-6-17/h2-13,23,26,28,31-32,34-37,39,41H,14H2,1H3/b11-4+/t23-,26-,28+,31-,32+/m0/s1. The lowest BCUT2D eigenvalue weighted by molar-refractivity contribution is -0.282. The first kappa shape index (κ1) is 31.8. The number of benzene rings is 3. The first-order valence-electron chi connectivity index (χ1n) is 13.7. The number of aliphatic hydroxyl groups excluding tert-OH is 2. The van der Waals surface area contributed by atoms with Gasteiger partial charge in [0, 0.05) is 30.7 Å². The predicted molar refractivity (Wildman–Crippen MR) is 158 cm³/mol. The number of phenolic OH excluding ortho intramolecular Hbond substituents is 4. The zero-order chi connectivity index (χ0) is 33.1. The Morgan fingerprint density at radius 3 is 2.20 bits per heavy atom. The molecule has 0 spiro atoms. The summed E-state index contributed by atoms with van der Waals surface area (Å²) in [6.45, 7) is 0.419. The number of hydrogen-bond donors (Lipinski definition) is 6. The number of carbonyl (C=O) groups is 2. The van der Waals surface area contributed by atoms with E-state index in [9.17, 15) is 45.0 Å². The summed E-state index contributed by atoms with van der Waals surface area (Å²) in [6, 6.07) is 13.3. The minimum Gasteiger partial charge on any atom is -0.508 e. The van der Waals surface area contributed by atoms with E-state index in [4.69, 9.17) is 23.4 Å². The van der Waals surface area contributed by atoms with E-state index >= 15 is 0 Å². The highest BCUT2D eigenvalue weighted by Crippen LogP contribution is 2.37. The van der Waals surface area contributed by atoms with E-state index < -0.39 is 71.9 Å². The molecule has 5 atom stereocenters. The molecule has 1 aromatic heterocycles. The second-order valence-electron chi connectivity index (χ2n) is 10.2. The molecule has 3 aromatic carbocycles. The quantitative estimate of drug-likeness (QED) is 0.121. The lowest BCUT2D eigenvalue weighted by atomic mass is 9.99. The van der Waals surface area contributed by atoms with E-state index in [0.717, 1.165) is 25.1 Å². The van der Waals surface area contributed by atoms with Gasteiger partial charge in [0.25, 0.3) is 0 Å². The van der Waals surface area contributed by atoms with Crippen LogP contribution in [0.3, 0.4) is 0 Å². The smallest absolute Gasteiger partial charge is 0.330 e. The fraction of sp³-hybridized carbons (Fsp3) is 0.219. The minimum absolute atomic E-state index is 0.0401. The van der Waals surface area contributed by atoms with Crippen molar-refractivity contribution in [3.8, 4) is 40.1 Å². The molecule has 6 N–H and O–H groups in total. The summed E-state index contributed by atoms with van der Waals surface area (Å²) in [7, 11) is 0. The number of carbonyl (C=O) groups excluding carboxylic acids is 2. The second kappa shape index (κ2) is 13.2. The molecule has 1 aliphatic rings. The molecule has 14 heteroatoms. The molecule has 0 bridgehead atoms. The van der Waals surface area contributed by atoms with Gasteiger partial charge in [-0.15, -0.1) is 0 Å². The minimum atomic E-state index is -1.85. The molecule has 0 unspecified atom stereocenters. The van der Waals surface area contributed by atoms with Gasteiger partial charge in [-0.3, -0.25) is 9.59 Å². The average Bonchev–Trinajstić information content (AvgIpc) is 3.00. The molecule has 5 rings (SSSR count). The molecule has 240 valence electrons. The van der Waals surface area contributed by atoms with Crippen LogP contribution in [0, 0.1) is 0 Å². The monoisotopic (exact) mass is 636 g/mol. The molecule has 4 aromatic rings. The summed E-state index contributed by atoms with van der Waals surface area (Å²) in [5, 5.41) is 60.9. The van der Waals surface area contributed by atoms with E-state index in [1.54, 1.807) is 12.1 Å². The number of aliphatic hydroxyl groups is 2. The lowest BCUT2D eigenvalue weighted by Gasteiger charge is -2.41. The Kier molecular flexibility index (Phi) is 9.13. The summed E-state index contributed by atoms with van der Waals surface area (Å²) in [5.74, 6) is -3.70. The Balaban J connectivity index is 1.47. The third kappa shape index (κ3) is 6.89. The molecule has 1 fully saturated rings. The van der Waals surface area contributed by atoms with Gasteiger partial charge in [-0.2, -0.15) is 0 Å². The van der Waals surface area contributed by atoms with Gasteiger partial charge in [0.1, 0.15) is 58.9 Å². The molecule has 0 aliphatic carbocycles. The highest BCUT2D eigenvalue weighted by Gasteiger charge is 2.49. The molecule has 14 nitrogen and oxygen atoms in total. The molecule has 1 saturated heterocycles. The second-order valence-corrected chi connectivity index (χ2v) is 10.2. The third-order valence-corrected chi connectivity index (χ3v) is 6.92. The van der Waals surface area contributed by atoms with Crippen molar-refractivity contribution >= 4 is 29.0 Å². The largest absolute Gasteiger partial charge is 0.508 e. The highest BCUT2D eigenvalue weighted by molar-refractivity contribution is 5.88. The Morgan fingerprint density at radius 2 is 1.54 bits per heavy atom. The lowest BCUT2D eigenvalue weighted by Crippen LogP contribution is -2.61. The molecule has 46 heavy (non-hydrogen) atoms. The Morgan fingerprint density at radius 1 is 0.891 bits per heavy atom. The van der Waals surface area contributed by atoms with Crippen LogP contribution in [-0.2, 0) is 23.8 Å². The number of esters is 2. The van der Waals surface area contributed by atoms with E-state index in [0.29, 0.717) is 5.56 Å². The van der Waals surface area contributed by atoms with Crippen LogP contribution >= 0.6 is 0 Å². The summed E-state index contributed by atoms with van der Waals surface area (Å²) in [4.78, 5) is 38.0. The zero-order valence-electron chi connectivity index (χ0n) is 24.0. The van der Waals surface area contributed by atoms with Crippen LogP contribution in [0.1, 0.15) is 12.5 Å². The van der Waals surface area contributed by atoms with Gasteiger partial charge in [0.05, 0.1) is 0 Å². The van der Waals surface area contributed by atoms with Gasteiger partial charge in [-0.1, -0.05) is 12.1 Å². The van der Waals surface area contributed by atoms with Crippen molar-refractivity contribution in [3.63, 3.8) is 0 Å². The van der Waals surface area contributed by atoms with Crippen molar-refractivity contribution in [1.82, 2.24) is 0 Å².